The Balaban J connectivity index is 1.89. The Morgan fingerprint density at radius 3 is 2.20 bits per heavy atom. The Kier molecular flexibility index (Phi) is 9.32. The second-order valence-electron chi connectivity index (χ2n) is 8.68. The molecule has 1 aliphatic carbocycles. The first-order chi connectivity index (χ1) is 16.5. The van der Waals surface area contributed by atoms with Gasteiger partial charge in [-0.25, -0.2) is 8.42 Å². The predicted octanol–water partition coefficient (Wildman–Crippen LogP) is 4.89. The summed E-state index contributed by atoms with van der Waals surface area (Å²) in [5.41, 5.74) is 0.875. The third-order valence-electron chi connectivity index (χ3n) is 5.99. The molecule has 1 fully saturated rings. The zero-order valence-electron chi connectivity index (χ0n) is 19.5. The fourth-order valence-corrected chi connectivity index (χ4v) is 5.59. The molecule has 11 heteroatoms. The lowest BCUT2D eigenvalue weighted by molar-refractivity contribution is -0.139. The Labute approximate surface area is 221 Å². The van der Waals surface area contributed by atoms with Crippen molar-refractivity contribution in [3.8, 4) is 0 Å². The number of halogens is 3. The molecule has 1 saturated carbocycles. The van der Waals surface area contributed by atoms with Gasteiger partial charge in [-0.1, -0.05) is 59.8 Å². The average molecular weight is 561 g/mol. The van der Waals surface area contributed by atoms with Crippen LogP contribution in [0.5, 0.6) is 0 Å². The normalized spacial score (nSPS) is 15.0. The van der Waals surface area contributed by atoms with E-state index in [-0.39, 0.29) is 29.2 Å². The van der Waals surface area contributed by atoms with Gasteiger partial charge in [-0.2, -0.15) is 0 Å². The molecule has 0 bridgehead atoms. The van der Waals surface area contributed by atoms with Crippen molar-refractivity contribution >= 4 is 62.3 Å². The number of hydrogen-bond acceptors (Lipinski definition) is 4. The summed E-state index contributed by atoms with van der Waals surface area (Å²) in [6, 6.07) is 10.5. The number of nitrogens with one attached hydrogen (secondary N) is 1. The summed E-state index contributed by atoms with van der Waals surface area (Å²) in [5, 5.41) is 3.98. The van der Waals surface area contributed by atoms with E-state index in [4.69, 9.17) is 34.8 Å². The van der Waals surface area contributed by atoms with Gasteiger partial charge in [0.15, 0.2) is 0 Å². The molecule has 2 aromatic rings. The van der Waals surface area contributed by atoms with Gasteiger partial charge in [-0.15, -0.1) is 0 Å². The predicted molar refractivity (Wildman–Crippen MR) is 141 cm³/mol. The van der Waals surface area contributed by atoms with Crippen molar-refractivity contribution in [1.82, 2.24) is 10.2 Å². The van der Waals surface area contributed by atoms with Crippen LogP contribution in [0.25, 0.3) is 0 Å². The van der Waals surface area contributed by atoms with Gasteiger partial charge in [0.25, 0.3) is 0 Å². The molecule has 1 aliphatic rings. The molecule has 0 aliphatic heterocycles. The molecule has 35 heavy (non-hydrogen) atoms. The summed E-state index contributed by atoms with van der Waals surface area (Å²) in [5.74, 6) is -0.833. The number of hydrogen-bond donors (Lipinski definition) is 1. The van der Waals surface area contributed by atoms with Crippen molar-refractivity contribution in [2.24, 2.45) is 0 Å². The van der Waals surface area contributed by atoms with Gasteiger partial charge < -0.3 is 10.2 Å². The number of carbonyl (C=O) groups is 2. The van der Waals surface area contributed by atoms with Gasteiger partial charge in [0.05, 0.1) is 17.0 Å². The van der Waals surface area contributed by atoms with E-state index in [1.807, 2.05) is 0 Å². The van der Waals surface area contributed by atoms with Crippen molar-refractivity contribution < 1.29 is 18.0 Å². The summed E-state index contributed by atoms with van der Waals surface area (Å²) in [6.07, 6.45) is 4.90. The minimum absolute atomic E-state index is 0.0813. The molecule has 0 radical (unpaired) electrons. The smallest absolute Gasteiger partial charge is 0.244 e. The van der Waals surface area contributed by atoms with Crippen molar-refractivity contribution in [3.05, 3.63) is 63.1 Å². The zero-order chi connectivity index (χ0) is 25.8. The van der Waals surface area contributed by atoms with E-state index in [2.05, 4.69) is 5.32 Å². The zero-order valence-corrected chi connectivity index (χ0v) is 22.6. The second kappa shape index (κ2) is 11.8. The molecule has 0 saturated heterocycles. The lowest BCUT2D eigenvalue weighted by atomic mass is 10.1. The number of benzene rings is 2. The lowest BCUT2D eigenvalue weighted by Crippen LogP contribution is -2.52. The largest absolute Gasteiger partial charge is 0.352 e. The molecule has 0 aromatic heterocycles. The standard InChI is InChI=1S/C24H28Cl3N3O4S/c1-16(24(32)28-20-5-3-4-6-20)29(14-17-7-9-18(25)10-8-17)23(31)15-30(35(2,33)34)22-12-11-19(26)13-21(22)27/h7-13,16,20H,3-6,14-15H2,1-2H3,(H,28,32). The van der Waals surface area contributed by atoms with Crippen LogP contribution in [0.3, 0.4) is 0 Å². The summed E-state index contributed by atoms with van der Waals surface area (Å²) >= 11 is 18.2. The maximum Gasteiger partial charge on any atom is 0.244 e. The van der Waals surface area contributed by atoms with Crippen LogP contribution in [0.15, 0.2) is 42.5 Å². The van der Waals surface area contributed by atoms with Crippen LogP contribution in [0.2, 0.25) is 15.1 Å². The minimum atomic E-state index is -3.88. The van der Waals surface area contributed by atoms with Crippen molar-refractivity contribution in [2.45, 2.75) is 51.2 Å². The Morgan fingerprint density at radius 1 is 1.03 bits per heavy atom. The maximum absolute atomic E-state index is 13.6. The fourth-order valence-electron chi connectivity index (χ4n) is 4.04. The maximum atomic E-state index is 13.6. The number of nitrogens with zero attached hydrogens (tertiary/aromatic N) is 2. The molecule has 1 atom stereocenters. The fraction of sp³-hybridized carbons (Fsp3) is 0.417. The van der Waals surface area contributed by atoms with Gasteiger partial charge in [0, 0.05) is 22.6 Å². The first-order valence-corrected chi connectivity index (χ1v) is 14.2. The topological polar surface area (TPSA) is 86.8 Å². The van der Waals surface area contributed by atoms with Gasteiger partial charge in [-0.05, 0) is 55.7 Å². The Bertz CT molecular complexity index is 1170. The molecule has 2 amide bonds. The van der Waals surface area contributed by atoms with Crippen LogP contribution in [-0.4, -0.2) is 50.0 Å². The highest BCUT2D eigenvalue weighted by Gasteiger charge is 2.32. The lowest BCUT2D eigenvalue weighted by Gasteiger charge is -2.32. The highest BCUT2D eigenvalue weighted by atomic mass is 35.5. The average Bonchev–Trinajstić information content (AvgIpc) is 3.29. The molecule has 1 unspecified atom stereocenters. The quantitative estimate of drug-likeness (QED) is 0.473. The highest BCUT2D eigenvalue weighted by Crippen LogP contribution is 2.30. The monoisotopic (exact) mass is 559 g/mol. The van der Waals surface area contributed by atoms with Crippen molar-refractivity contribution in [1.29, 1.82) is 0 Å². The molecular formula is C24H28Cl3N3O4S. The Hall–Kier alpha value is -2.00. The van der Waals surface area contributed by atoms with E-state index in [1.54, 1.807) is 31.2 Å². The molecule has 1 N–H and O–H groups in total. The van der Waals surface area contributed by atoms with E-state index in [1.165, 1.54) is 23.1 Å². The van der Waals surface area contributed by atoms with Gasteiger partial charge >= 0.3 is 0 Å². The van der Waals surface area contributed by atoms with Crippen LogP contribution >= 0.6 is 34.8 Å². The van der Waals surface area contributed by atoms with E-state index < -0.39 is 28.5 Å². The molecule has 0 heterocycles. The van der Waals surface area contributed by atoms with Gasteiger partial charge in [0.1, 0.15) is 12.6 Å². The first kappa shape index (κ1) is 27.6. The van der Waals surface area contributed by atoms with Gasteiger partial charge in [-0.3, -0.25) is 13.9 Å². The second-order valence-corrected chi connectivity index (χ2v) is 11.9. The van der Waals surface area contributed by atoms with Crippen LogP contribution in [0.4, 0.5) is 5.69 Å². The Morgan fingerprint density at radius 2 is 1.63 bits per heavy atom. The number of anilines is 1. The minimum Gasteiger partial charge on any atom is -0.352 e. The highest BCUT2D eigenvalue weighted by molar-refractivity contribution is 7.92. The first-order valence-electron chi connectivity index (χ1n) is 11.2. The van der Waals surface area contributed by atoms with Crippen LogP contribution in [-0.2, 0) is 26.2 Å². The number of rotatable bonds is 9. The van der Waals surface area contributed by atoms with E-state index >= 15 is 0 Å². The van der Waals surface area contributed by atoms with Crippen molar-refractivity contribution in [3.63, 3.8) is 0 Å². The van der Waals surface area contributed by atoms with Crippen LogP contribution in [0.1, 0.15) is 38.2 Å². The number of carbonyl (C=O) groups excluding carboxylic acids is 2. The molecule has 0 spiro atoms. The van der Waals surface area contributed by atoms with E-state index in [9.17, 15) is 18.0 Å². The molecular weight excluding hydrogens is 533 g/mol. The van der Waals surface area contributed by atoms with Crippen molar-refractivity contribution in [2.75, 3.05) is 17.1 Å². The summed E-state index contributed by atoms with van der Waals surface area (Å²) in [6.45, 7) is 1.20. The molecule has 2 aromatic carbocycles. The molecule has 3 rings (SSSR count). The number of sulfonamides is 1. The summed E-state index contributed by atoms with van der Waals surface area (Å²) in [7, 11) is -3.88. The van der Waals surface area contributed by atoms with E-state index in [0.29, 0.717) is 10.0 Å². The molecule has 190 valence electrons. The third-order valence-corrected chi connectivity index (χ3v) is 7.91. The summed E-state index contributed by atoms with van der Waals surface area (Å²) < 4.78 is 26.2. The molecule has 7 nitrogen and oxygen atoms in total. The van der Waals surface area contributed by atoms with Crippen LogP contribution in [0, 0.1) is 0 Å². The van der Waals surface area contributed by atoms with E-state index in [0.717, 1.165) is 41.8 Å². The van der Waals surface area contributed by atoms with Gasteiger partial charge in [0.2, 0.25) is 21.8 Å². The van der Waals surface area contributed by atoms with Crippen LogP contribution < -0.4 is 9.62 Å². The summed E-state index contributed by atoms with van der Waals surface area (Å²) in [4.78, 5) is 28.0. The SMILES string of the molecule is CC(C(=O)NC1CCCC1)N(Cc1ccc(Cl)cc1)C(=O)CN(c1ccc(Cl)cc1Cl)S(C)(=O)=O. The number of amides is 2. The third kappa shape index (κ3) is 7.49.